The van der Waals surface area contributed by atoms with Gasteiger partial charge in [-0.3, -0.25) is 4.90 Å². The first-order chi connectivity index (χ1) is 14.3. The third-order valence-corrected chi connectivity index (χ3v) is 6.12. The van der Waals surface area contributed by atoms with E-state index in [2.05, 4.69) is 49.4 Å². The van der Waals surface area contributed by atoms with Crippen molar-refractivity contribution in [2.24, 2.45) is 11.5 Å². The van der Waals surface area contributed by atoms with Gasteiger partial charge in [0.2, 0.25) is 5.95 Å². The monoisotopic (exact) mass is 415 g/mol. The van der Waals surface area contributed by atoms with E-state index in [9.17, 15) is 0 Å². The second-order valence-corrected chi connectivity index (χ2v) is 8.35. The third-order valence-electron chi connectivity index (χ3n) is 6.12. The standard InChI is InChI=1S/C23H41N7/c1-7-11-29(8-2)16-21-18(4)26-23(27-19(21)5)30-12-9-20(10-13-30)28(6)22(25)14-17(3)15-24/h14-15,20H,7-13,16,24-25H2,1-6H3/b17-15-,22-14+. The van der Waals surface area contributed by atoms with Crippen LogP contribution in [0.2, 0.25) is 0 Å². The summed E-state index contributed by atoms with van der Waals surface area (Å²) >= 11 is 0. The van der Waals surface area contributed by atoms with Crippen LogP contribution in [0.15, 0.2) is 23.7 Å². The highest BCUT2D eigenvalue weighted by Gasteiger charge is 2.25. The molecule has 4 N–H and O–H groups in total. The molecule has 0 spiro atoms. The average Bonchev–Trinajstić information content (AvgIpc) is 2.74. The Bertz CT molecular complexity index is 725. The Morgan fingerprint density at radius 3 is 2.27 bits per heavy atom. The molecule has 7 heteroatoms. The second kappa shape index (κ2) is 11.2. The molecule has 1 aromatic heterocycles. The van der Waals surface area contributed by atoms with Crippen molar-refractivity contribution in [3.8, 4) is 0 Å². The maximum Gasteiger partial charge on any atom is 0.225 e. The smallest absolute Gasteiger partial charge is 0.225 e. The summed E-state index contributed by atoms with van der Waals surface area (Å²) in [6.07, 6.45) is 6.73. The second-order valence-electron chi connectivity index (χ2n) is 8.35. The minimum absolute atomic E-state index is 0.414. The molecule has 1 aliphatic heterocycles. The molecule has 0 saturated carbocycles. The molecule has 0 unspecified atom stereocenters. The summed E-state index contributed by atoms with van der Waals surface area (Å²) in [6, 6.07) is 0.414. The van der Waals surface area contributed by atoms with Crippen LogP contribution in [0, 0.1) is 13.8 Å². The molecule has 7 nitrogen and oxygen atoms in total. The van der Waals surface area contributed by atoms with Gasteiger partial charge in [-0.15, -0.1) is 0 Å². The predicted molar refractivity (Wildman–Crippen MR) is 126 cm³/mol. The number of hydrogen-bond donors (Lipinski definition) is 2. The fourth-order valence-corrected chi connectivity index (χ4v) is 4.03. The van der Waals surface area contributed by atoms with Crippen molar-refractivity contribution in [3.63, 3.8) is 0 Å². The Morgan fingerprint density at radius 2 is 1.77 bits per heavy atom. The first-order valence-electron chi connectivity index (χ1n) is 11.2. The van der Waals surface area contributed by atoms with Gasteiger partial charge in [-0.25, -0.2) is 9.97 Å². The molecule has 1 saturated heterocycles. The van der Waals surface area contributed by atoms with Crippen LogP contribution < -0.4 is 16.4 Å². The van der Waals surface area contributed by atoms with E-state index < -0.39 is 0 Å². The van der Waals surface area contributed by atoms with Crippen molar-refractivity contribution in [2.75, 3.05) is 38.1 Å². The first kappa shape index (κ1) is 24.0. The molecule has 0 atom stereocenters. The maximum atomic E-state index is 6.25. The predicted octanol–water partition coefficient (Wildman–Crippen LogP) is 2.89. The van der Waals surface area contributed by atoms with Crippen molar-refractivity contribution in [1.29, 1.82) is 0 Å². The van der Waals surface area contributed by atoms with Gasteiger partial charge in [-0.2, -0.15) is 0 Å². The Hall–Kier alpha value is -2.28. The van der Waals surface area contributed by atoms with E-state index in [4.69, 9.17) is 21.4 Å². The molecule has 168 valence electrons. The van der Waals surface area contributed by atoms with Crippen molar-refractivity contribution < 1.29 is 0 Å². The number of rotatable bonds is 9. The largest absolute Gasteiger partial charge is 0.404 e. The zero-order valence-corrected chi connectivity index (χ0v) is 19.8. The van der Waals surface area contributed by atoms with E-state index in [1.54, 1.807) is 6.20 Å². The van der Waals surface area contributed by atoms with Crippen molar-refractivity contribution in [1.82, 2.24) is 19.8 Å². The van der Waals surface area contributed by atoms with Crippen LogP contribution in [0.3, 0.4) is 0 Å². The molecule has 0 amide bonds. The molecule has 1 aliphatic rings. The Morgan fingerprint density at radius 1 is 1.17 bits per heavy atom. The lowest BCUT2D eigenvalue weighted by Gasteiger charge is -2.38. The van der Waals surface area contributed by atoms with Gasteiger partial charge < -0.3 is 21.3 Å². The molecule has 1 aromatic rings. The lowest BCUT2D eigenvalue weighted by Crippen LogP contribution is -2.45. The van der Waals surface area contributed by atoms with E-state index in [0.717, 1.165) is 80.7 Å². The number of hydrogen-bond acceptors (Lipinski definition) is 7. The molecule has 0 bridgehead atoms. The summed E-state index contributed by atoms with van der Waals surface area (Å²) in [5, 5.41) is 0. The molecule has 2 rings (SSSR count). The van der Waals surface area contributed by atoms with Gasteiger partial charge in [0.05, 0.1) is 5.82 Å². The number of aromatic nitrogens is 2. The highest BCUT2D eigenvalue weighted by atomic mass is 15.3. The summed E-state index contributed by atoms with van der Waals surface area (Å²) in [5.41, 5.74) is 16.2. The van der Waals surface area contributed by atoms with E-state index in [1.807, 2.05) is 13.0 Å². The highest BCUT2D eigenvalue weighted by Crippen LogP contribution is 2.23. The topological polar surface area (TPSA) is 87.5 Å². The van der Waals surface area contributed by atoms with Gasteiger partial charge in [0, 0.05) is 49.7 Å². The number of piperidine rings is 1. The van der Waals surface area contributed by atoms with E-state index in [1.165, 1.54) is 5.56 Å². The van der Waals surface area contributed by atoms with Crippen molar-refractivity contribution in [3.05, 3.63) is 40.6 Å². The number of allylic oxidation sites excluding steroid dienone is 2. The maximum absolute atomic E-state index is 6.25. The normalized spacial score (nSPS) is 16.4. The SMILES string of the molecule is CCCN(CC)Cc1c(C)nc(N2CCC(N(C)/C(N)=C/C(C)=C\N)CC2)nc1C. The number of nitrogens with zero attached hydrogens (tertiary/aromatic N) is 5. The molecule has 2 heterocycles. The molecule has 0 radical (unpaired) electrons. The summed E-state index contributed by atoms with van der Waals surface area (Å²) in [6.45, 7) is 15.6. The van der Waals surface area contributed by atoms with Crippen LogP contribution in [0.5, 0.6) is 0 Å². The van der Waals surface area contributed by atoms with Crippen LogP contribution >= 0.6 is 0 Å². The number of anilines is 1. The molecule has 1 fully saturated rings. The van der Waals surface area contributed by atoms with Gasteiger partial charge in [0.25, 0.3) is 0 Å². The minimum atomic E-state index is 0.414. The van der Waals surface area contributed by atoms with Gasteiger partial charge >= 0.3 is 0 Å². The fourth-order valence-electron chi connectivity index (χ4n) is 4.03. The van der Waals surface area contributed by atoms with E-state index >= 15 is 0 Å². The minimum Gasteiger partial charge on any atom is -0.404 e. The lowest BCUT2D eigenvalue weighted by molar-refractivity contribution is 0.254. The number of aryl methyl sites for hydroxylation is 2. The van der Waals surface area contributed by atoms with Crippen LogP contribution in [-0.2, 0) is 6.54 Å². The fraction of sp³-hybridized carbons (Fsp3) is 0.652. The van der Waals surface area contributed by atoms with Gasteiger partial charge in [-0.1, -0.05) is 13.8 Å². The lowest BCUT2D eigenvalue weighted by atomic mass is 10.0. The van der Waals surface area contributed by atoms with Gasteiger partial charge in [-0.05, 0) is 71.0 Å². The average molecular weight is 416 g/mol. The molecule has 30 heavy (non-hydrogen) atoms. The first-order valence-corrected chi connectivity index (χ1v) is 11.2. The van der Waals surface area contributed by atoms with Crippen LogP contribution in [0.25, 0.3) is 0 Å². The van der Waals surface area contributed by atoms with Crippen LogP contribution in [0.1, 0.15) is 57.0 Å². The van der Waals surface area contributed by atoms with E-state index in [0.29, 0.717) is 6.04 Å². The van der Waals surface area contributed by atoms with Gasteiger partial charge in [0.15, 0.2) is 0 Å². The zero-order valence-electron chi connectivity index (χ0n) is 19.8. The summed E-state index contributed by atoms with van der Waals surface area (Å²) in [7, 11) is 2.06. The molecule has 0 aromatic carbocycles. The Kier molecular flexibility index (Phi) is 8.96. The Balaban J connectivity index is 2.04. The van der Waals surface area contributed by atoms with Gasteiger partial charge in [0.1, 0.15) is 0 Å². The Labute approximate surface area is 182 Å². The highest BCUT2D eigenvalue weighted by molar-refractivity contribution is 5.37. The van der Waals surface area contributed by atoms with Crippen LogP contribution in [-0.4, -0.2) is 59.0 Å². The van der Waals surface area contributed by atoms with E-state index in [-0.39, 0.29) is 0 Å². The third kappa shape index (κ3) is 6.11. The summed E-state index contributed by atoms with van der Waals surface area (Å²) in [5.74, 6) is 1.62. The zero-order chi connectivity index (χ0) is 22.3. The van der Waals surface area contributed by atoms with Crippen molar-refractivity contribution in [2.45, 2.75) is 66.5 Å². The summed E-state index contributed by atoms with van der Waals surface area (Å²) < 4.78 is 0. The molecular weight excluding hydrogens is 374 g/mol. The molecule has 0 aliphatic carbocycles. The van der Waals surface area contributed by atoms with Crippen LogP contribution in [0.4, 0.5) is 5.95 Å². The molecular formula is C23H41N7. The summed E-state index contributed by atoms with van der Waals surface area (Å²) in [4.78, 5) is 16.7. The number of nitrogens with two attached hydrogens (primary N) is 2. The van der Waals surface area contributed by atoms with Crippen molar-refractivity contribution >= 4 is 5.95 Å². The quantitative estimate of drug-likeness (QED) is 0.600.